The summed E-state index contributed by atoms with van der Waals surface area (Å²) in [6.07, 6.45) is 0.911. The minimum atomic E-state index is 0.436. The number of ether oxygens (including phenoxy) is 1. The molecule has 96 valence electrons. The van der Waals surface area contributed by atoms with E-state index in [9.17, 15) is 0 Å². The summed E-state index contributed by atoms with van der Waals surface area (Å²) in [5, 5.41) is 4.68. The quantitative estimate of drug-likeness (QED) is 0.620. The Hall–Kier alpha value is -0.150. The maximum absolute atomic E-state index is 5.98. The summed E-state index contributed by atoms with van der Waals surface area (Å²) in [4.78, 5) is 0. The fraction of sp³-hybridized carbons (Fsp3) is 0.500. The Balaban J connectivity index is 2.39. The van der Waals surface area contributed by atoms with Gasteiger partial charge in [0.05, 0.1) is 21.7 Å². The molecule has 0 saturated heterocycles. The van der Waals surface area contributed by atoms with E-state index in [0.29, 0.717) is 33.5 Å². The van der Waals surface area contributed by atoms with Gasteiger partial charge in [-0.25, -0.2) is 0 Å². The van der Waals surface area contributed by atoms with Gasteiger partial charge in [-0.2, -0.15) is 0 Å². The topological polar surface area (TPSA) is 21.3 Å². The normalized spacial score (nSPS) is 10.9. The maximum Gasteiger partial charge on any atom is 0.139 e. The van der Waals surface area contributed by atoms with Gasteiger partial charge in [0.2, 0.25) is 0 Å². The van der Waals surface area contributed by atoms with E-state index in [1.165, 1.54) is 0 Å². The van der Waals surface area contributed by atoms with E-state index in [0.717, 1.165) is 13.0 Å². The van der Waals surface area contributed by atoms with Crippen LogP contribution in [0.4, 0.5) is 0 Å². The molecule has 0 aliphatic carbocycles. The lowest BCUT2D eigenvalue weighted by molar-refractivity contribution is 0.306. The molecular formula is C12H16Cl3NO. The molecule has 0 heterocycles. The lowest BCUT2D eigenvalue weighted by Crippen LogP contribution is -2.24. The molecule has 1 aromatic carbocycles. The van der Waals surface area contributed by atoms with Crippen molar-refractivity contribution >= 4 is 34.8 Å². The van der Waals surface area contributed by atoms with Crippen LogP contribution >= 0.6 is 34.8 Å². The number of benzene rings is 1. The highest BCUT2D eigenvalue weighted by atomic mass is 35.5. The van der Waals surface area contributed by atoms with Crippen molar-refractivity contribution in [1.29, 1.82) is 0 Å². The largest absolute Gasteiger partial charge is 0.492 e. The third-order valence-electron chi connectivity index (χ3n) is 2.11. The second-order valence-corrected chi connectivity index (χ2v) is 5.23. The molecule has 1 aromatic rings. The number of halogens is 3. The van der Waals surface area contributed by atoms with Gasteiger partial charge in [0.15, 0.2) is 0 Å². The van der Waals surface area contributed by atoms with E-state index in [2.05, 4.69) is 19.2 Å². The zero-order valence-electron chi connectivity index (χ0n) is 9.90. The van der Waals surface area contributed by atoms with Crippen molar-refractivity contribution in [2.45, 2.75) is 26.3 Å². The van der Waals surface area contributed by atoms with Gasteiger partial charge in [-0.1, -0.05) is 48.7 Å². The fourth-order valence-electron chi connectivity index (χ4n) is 1.26. The Morgan fingerprint density at radius 1 is 1.12 bits per heavy atom. The zero-order valence-corrected chi connectivity index (χ0v) is 12.2. The van der Waals surface area contributed by atoms with Crippen molar-refractivity contribution < 1.29 is 4.74 Å². The summed E-state index contributed by atoms with van der Waals surface area (Å²) in [6, 6.07) is 3.72. The van der Waals surface area contributed by atoms with Crippen LogP contribution in [0.3, 0.4) is 0 Å². The summed E-state index contributed by atoms with van der Waals surface area (Å²) in [6.45, 7) is 5.72. The van der Waals surface area contributed by atoms with Gasteiger partial charge in [-0.3, -0.25) is 0 Å². The van der Waals surface area contributed by atoms with Crippen molar-refractivity contribution in [3.05, 3.63) is 27.2 Å². The first-order valence-electron chi connectivity index (χ1n) is 5.51. The van der Waals surface area contributed by atoms with Crippen molar-refractivity contribution in [3.63, 3.8) is 0 Å². The first kappa shape index (κ1) is 14.9. The van der Waals surface area contributed by atoms with E-state index in [1.807, 2.05) is 0 Å². The molecule has 0 saturated carbocycles. The highest BCUT2D eigenvalue weighted by molar-refractivity contribution is 6.43. The molecule has 0 spiro atoms. The molecule has 0 unspecified atom stereocenters. The first-order chi connectivity index (χ1) is 8.00. The van der Waals surface area contributed by atoms with E-state index < -0.39 is 0 Å². The molecule has 0 radical (unpaired) electrons. The summed E-state index contributed by atoms with van der Waals surface area (Å²) in [5.74, 6) is 0.575. The molecule has 2 nitrogen and oxygen atoms in total. The van der Waals surface area contributed by atoms with Crippen LogP contribution in [0.25, 0.3) is 0 Å². The second kappa shape index (κ2) is 7.32. The van der Waals surface area contributed by atoms with E-state index in [1.54, 1.807) is 12.1 Å². The lowest BCUT2D eigenvalue weighted by Gasteiger charge is -2.11. The molecule has 1 N–H and O–H groups in total. The van der Waals surface area contributed by atoms with Gasteiger partial charge in [0, 0.05) is 12.1 Å². The van der Waals surface area contributed by atoms with Gasteiger partial charge < -0.3 is 10.1 Å². The minimum Gasteiger partial charge on any atom is -0.492 e. The predicted molar refractivity (Wildman–Crippen MR) is 74.7 cm³/mol. The number of rotatable bonds is 6. The molecule has 0 aromatic heterocycles. The molecule has 0 atom stereocenters. The van der Waals surface area contributed by atoms with Crippen molar-refractivity contribution in [2.24, 2.45) is 0 Å². The predicted octanol–water partition coefficient (Wildman–Crippen LogP) is 4.41. The van der Waals surface area contributed by atoms with Crippen LogP contribution in [-0.2, 0) is 0 Å². The summed E-state index contributed by atoms with van der Waals surface area (Å²) in [5.41, 5.74) is 0. The maximum atomic E-state index is 5.98. The van der Waals surface area contributed by atoms with E-state index in [4.69, 9.17) is 39.5 Å². The third kappa shape index (κ3) is 5.35. The SMILES string of the molecule is CC(C)NCCCOc1cc(Cl)c(Cl)cc1Cl. The zero-order chi connectivity index (χ0) is 12.8. The molecule has 1 rings (SSSR count). The number of nitrogens with one attached hydrogen (secondary N) is 1. The van der Waals surface area contributed by atoms with Gasteiger partial charge in [-0.05, 0) is 19.0 Å². The number of hydrogen-bond donors (Lipinski definition) is 1. The summed E-state index contributed by atoms with van der Waals surface area (Å²) < 4.78 is 5.54. The lowest BCUT2D eigenvalue weighted by atomic mass is 10.3. The molecule has 0 fully saturated rings. The van der Waals surface area contributed by atoms with Crippen LogP contribution in [0.5, 0.6) is 5.75 Å². The van der Waals surface area contributed by atoms with E-state index in [-0.39, 0.29) is 0 Å². The van der Waals surface area contributed by atoms with Crippen LogP contribution in [0.1, 0.15) is 20.3 Å². The van der Waals surface area contributed by atoms with Crippen molar-refractivity contribution in [2.75, 3.05) is 13.2 Å². The van der Waals surface area contributed by atoms with Crippen molar-refractivity contribution in [3.8, 4) is 5.75 Å². The van der Waals surface area contributed by atoms with E-state index >= 15 is 0 Å². The monoisotopic (exact) mass is 295 g/mol. The van der Waals surface area contributed by atoms with Crippen molar-refractivity contribution in [1.82, 2.24) is 5.32 Å². The molecule has 0 aliphatic rings. The van der Waals surface area contributed by atoms with Gasteiger partial charge in [0.25, 0.3) is 0 Å². The van der Waals surface area contributed by atoms with Gasteiger partial charge >= 0.3 is 0 Å². The molecule has 5 heteroatoms. The smallest absolute Gasteiger partial charge is 0.139 e. The van der Waals surface area contributed by atoms with Crippen LogP contribution in [0.2, 0.25) is 15.1 Å². The van der Waals surface area contributed by atoms with Gasteiger partial charge in [0.1, 0.15) is 5.75 Å². The second-order valence-electron chi connectivity index (χ2n) is 4.01. The molecular weight excluding hydrogens is 280 g/mol. The molecule has 0 aliphatic heterocycles. The average Bonchev–Trinajstić information content (AvgIpc) is 2.24. The highest BCUT2D eigenvalue weighted by Gasteiger charge is 2.06. The highest BCUT2D eigenvalue weighted by Crippen LogP contribution is 2.33. The Morgan fingerprint density at radius 2 is 1.76 bits per heavy atom. The Kier molecular flexibility index (Phi) is 6.42. The number of hydrogen-bond acceptors (Lipinski definition) is 2. The summed E-state index contributed by atoms with van der Waals surface area (Å²) in [7, 11) is 0. The van der Waals surface area contributed by atoms with Crippen LogP contribution in [-0.4, -0.2) is 19.2 Å². The molecule has 0 bridgehead atoms. The van der Waals surface area contributed by atoms with Crippen LogP contribution in [0, 0.1) is 0 Å². The average molecular weight is 297 g/mol. The Labute approximate surface area is 117 Å². The summed E-state index contributed by atoms with van der Waals surface area (Å²) >= 11 is 17.7. The Bertz CT molecular complexity index is 369. The first-order valence-corrected chi connectivity index (χ1v) is 6.65. The molecule has 17 heavy (non-hydrogen) atoms. The fourth-order valence-corrected chi connectivity index (χ4v) is 1.85. The standard InChI is InChI=1S/C12H16Cl3NO/c1-8(2)16-4-3-5-17-12-7-10(14)9(13)6-11(12)15/h6-8,16H,3-5H2,1-2H3. The minimum absolute atomic E-state index is 0.436. The molecule has 0 amide bonds. The van der Waals surface area contributed by atoms with Crippen LogP contribution in [0.15, 0.2) is 12.1 Å². The third-order valence-corrected chi connectivity index (χ3v) is 3.12. The Morgan fingerprint density at radius 3 is 2.41 bits per heavy atom. The van der Waals surface area contributed by atoms with Gasteiger partial charge in [-0.15, -0.1) is 0 Å². The van der Waals surface area contributed by atoms with Crippen LogP contribution < -0.4 is 10.1 Å².